The summed E-state index contributed by atoms with van der Waals surface area (Å²) < 4.78 is 1.68. The van der Waals surface area contributed by atoms with E-state index in [1.165, 1.54) is 11.3 Å². The molecule has 3 heterocycles. The Bertz CT molecular complexity index is 1050. The smallest absolute Gasteiger partial charge is 0.294 e. The van der Waals surface area contributed by atoms with Crippen molar-refractivity contribution in [2.24, 2.45) is 0 Å². The van der Waals surface area contributed by atoms with E-state index in [-0.39, 0.29) is 11.7 Å². The highest BCUT2D eigenvalue weighted by atomic mass is 32.1. The first-order chi connectivity index (χ1) is 13.1. The normalized spacial score (nSPS) is 11.1. The lowest BCUT2D eigenvalue weighted by Gasteiger charge is -2.03. The van der Waals surface area contributed by atoms with Crippen molar-refractivity contribution >= 4 is 33.7 Å². The molecule has 1 N–H and O–H groups in total. The van der Waals surface area contributed by atoms with Crippen LogP contribution in [0.25, 0.3) is 16.4 Å². The topological polar surface area (TPSA) is 85.6 Å². The number of rotatable bonds is 5. The number of carbonyl (C=O) groups is 1. The van der Waals surface area contributed by atoms with Crippen molar-refractivity contribution in [2.45, 2.75) is 19.8 Å². The largest absolute Gasteiger partial charge is 0.297 e. The second-order valence-corrected chi connectivity index (χ2v) is 7.99. The summed E-state index contributed by atoms with van der Waals surface area (Å²) in [6.07, 6.45) is 0. The van der Waals surface area contributed by atoms with Crippen LogP contribution in [0.1, 0.15) is 35.4 Å². The third-order valence-electron chi connectivity index (χ3n) is 3.71. The van der Waals surface area contributed by atoms with E-state index < -0.39 is 5.91 Å². The average molecular weight is 397 g/mol. The number of para-hydroxylation sites is 1. The van der Waals surface area contributed by atoms with Crippen LogP contribution in [0.15, 0.2) is 47.8 Å². The fourth-order valence-electron chi connectivity index (χ4n) is 2.39. The summed E-state index contributed by atoms with van der Waals surface area (Å²) in [6, 6.07) is 13.5. The number of hydrogen-bond acceptors (Lipinski definition) is 7. The molecule has 0 atom stereocenters. The fraction of sp³-hybridized carbons (Fsp3) is 0.167. The molecule has 9 heteroatoms. The molecule has 0 aliphatic rings. The molecule has 7 nitrogen and oxygen atoms in total. The van der Waals surface area contributed by atoms with Gasteiger partial charge in [-0.05, 0) is 23.6 Å². The summed E-state index contributed by atoms with van der Waals surface area (Å²) in [5.41, 5.74) is 0.838. The molecule has 0 unspecified atom stereocenters. The lowest BCUT2D eigenvalue weighted by molar-refractivity contribution is 0.101. The molecule has 3 aromatic heterocycles. The third kappa shape index (κ3) is 3.64. The van der Waals surface area contributed by atoms with Crippen LogP contribution in [-0.2, 0) is 0 Å². The molecule has 1 amide bonds. The van der Waals surface area contributed by atoms with Crippen LogP contribution in [0.4, 0.5) is 5.13 Å². The van der Waals surface area contributed by atoms with Gasteiger partial charge in [-0.3, -0.25) is 10.1 Å². The standard InChI is InChI=1S/C18H16N6OS2/c1-11(2)17-21-22-18(27-17)20-16(25)14-19-15(13-9-6-10-26-13)24(23-14)12-7-4-3-5-8-12/h3-11H,1-2H3,(H,20,22,25). The molecular weight excluding hydrogens is 380 g/mol. The zero-order valence-corrected chi connectivity index (χ0v) is 16.3. The summed E-state index contributed by atoms with van der Waals surface area (Å²) in [5.74, 6) is 0.563. The van der Waals surface area contributed by atoms with Crippen LogP contribution < -0.4 is 5.32 Å². The van der Waals surface area contributed by atoms with Gasteiger partial charge >= 0.3 is 0 Å². The van der Waals surface area contributed by atoms with Gasteiger partial charge in [0.1, 0.15) is 5.01 Å². The molecule has 0 aliphatic carbocycles. The van der Waals surface area contributed by atoms with E-state index in [9.17, 15) is 4.79 Å². The van der Waals surface area contributed by atoms with Gasteiger partial charge < -0.3 is 0 Å². The first-order valence-corrected chi connectivity index (χ1v) is 10.0. The number of amides is 1. The predicted molar refractivity (Wildman–Crippen MR) is 107 cm³/mol. The van der Waals surface area contributed by atoms with Crippen LogP contribution in [-0.4, -0.2) is 30.9 Å². The third-order valence-corrected chi connectivity index (χ3v) is 5.71. The van der Waals surface area contributed by atoms with Gasteiger partial charge in [-0.15, -0.1) is 26.6 Å². The number of hydrogen-bond donors (Lipinski definition) is 1. The Morgan fingerprint density at radius 2 is 1.93 bits per heavy atom. The zero-order valence-electron chi connectivity index (χ0n) is 14.7. The average Bonchev–Trinajstić information content (AvgIpc) is 3.42. The molecule has 1 aromatic carbocycles. The van der Waals surface area contributed by atoms with E-state index >= 15 is 0 Å². The molecule has 27 heavy (non-hydrogen) atoms. The predicted octanol–water partition coefficient (Wildman–Crippen LogP) is 4.22. The first-order valence-electron chi connectivity index (χ1n) is 8.33. The summed E-state index contributed by atoms with van der Waals surface area (Å²) in [6.45, 7) is 4.06. The van der Waals surface area contributed by atoms with Crippen molar-refractivity contribution in [1.29, 1.82) is 0 Å². The van der Waals surface area contributed by atoms with Crippen molar-refractivity contribution < 1.29 is 4.79 Å². The van der Waals surface area contributed by atoms with Crippen molar-refractivity contribution in [3.63, 3.8) is 0 Å². The molecule has 0 spiro atoms. The Morgan fingerprint density at radius 3 is 2.59 bits per heavy atom. The SMILES string of the molecule is CC(C)c1nnc(NC(=O)c2nc(-c3cccs3)n(-c3ccccc3)n2)s1. The van der Waals surface area contributed by atoms with Gasteiger partial charge in [-0.25, -0.2) is 9.67 Å². The number of nitrogens with one attached hydrogen (secondary N) is 1. The van der Waals surface area contributed by atoms with E-state index in [2.05, 4.69) is 25.6 Å². The van der Waals surface area contributed by atoms with Crippen LogP contribution in [0.2, 0.25) is 0 Å². The molecule has 0 saturated carbocycles. The second-order valence-electron chi connectivity index (χ2n) is 6.04. The number of aromatic nitrogens is 5. The lowest BCUT2D eigenvalue weighted by atomic mass is 10.2. The number of thiophene rings is 1. The summed E-state index contributed by atoms with van der Waals surface area (Å²) in [7, 11) is 0. The Morgan fingerprint density at radius 1 is 1.11 bits per heavy atom. The molecule has 4 rings (SSSR count). The highest BCUT2D eigenvalue weighted by Crippen LogP contribution is 2.26. The number of anilines is 1. The Balaban J connectivity index is 1.67. The Kier molecular flexibility index (Phi) is 4.78. The van der Waals surface area contributed by atoms with E-state index in [1.807, 2.05) is 61.7 Å². The van der Waals surface area contributed by atoms with E-state index in [0.717, 1.165) is 15.6 Å². The van der Waals surface area contributed by atoms with Crippen LogP contribution >= 0.6 is 22.7 Å². The minimum absolute atomic E-state index is 0.0866. The van der Waals surface area contributed by atoms with Crippen molar-refractivity contribution in [3.8, 4) is 16.4 Å². The highest BCUT2D eigenvalue weighted by Gasteiger charge is 2.20. The van der Waals surface area contributed by atoms with Crippen LogP contribution in [0.3, 0.4) is 0 Å². The minimum atomic E-state index is -0.408. The molecule has 0 aliphatic heterocycles. The molecule has 136 valence electrons. The maximum absolute atomic E-state index is 12.7. The van der Waals surface area contributed by atoms with Gasteiger partial charge in [0.05, 0.1) is 10.6 Å². The Hall–Kier alpha value is -2.91. The van der Waals surface area contributed by atoms with Crippen LogP contribution in [0.5, 0.6) is 0 Å². The van der Waals surface area contributed by atoms with E-state index in [1.54, 1.807) is 16.0 Å². The van der Waals surface area contributed by atoms with Crippen molar-refractivity contribution in [1.82, 2.24) is 25.0 Å². The van der Waals surface area contributed by atoms with Gasteiger partial charge in [0.15, 0.2) is 5.82 Å². The molecule has 0 bridgehead atoms. The minimum Gasteiger partial charge on any atom is -0.294 e. The summed E-state index contributed by atoms with van der Waals surface area (Å²) in [5, 5.41) is 18.5. The van der Waals surface area contributed by atoms with Gasteiger partial charge in [0.2, 0.25) is 11.0 Å². The van der Waals surface area contributed by atoms with Gasteiger partial charge in [-0.2, -0.15) is 0 Å². The van der Waals surface area contributed by atoms with E-state index in [4.69, 9.17) is 0 Å². The zero-order chi connectivity index (χ0) is 18.8. The molecule has 0 fully saturated rings. The first kappa shape index (κ1) is 17.5. The lowest BCUT2D eigenvalue weighted by Crippen LogP contribution is -2.14. The maximum Gasteiger partial charge on any atom is 0.297 e. The fourth-order valence-corrected chi connectivity index (χ4v) is 3.83. The molecule has 4 aromatic rings. The van der Waals surface area contributed by atoms with Gasteiger partial charge in [0, 0.05) is 5.92 Å². The molecule has 0 radical (unpaired) electrons. The maximum atomic E-state index is 12.7. The van der Waals surface area contributed by atoms with E-state index in [0.29, 0.717) is 11.0 Å². The quantitative estimate of drug-likeness (QED) is 0.546. The molecular formula is C18H16N6OS2. The van der Waals surface area contributed by atoms with Crippen molar-refractivity contribution in [3.05, 3.63) is 58.7 Å². The molecule has 0 saturated heterocycles. The number of benzene rings is 1. The van der Waals surface area contributed by atoms with Crippen LogP contribution in [0, 0.1) is 0 Å². The highest BCUT2D eigenvalue weighted by molar-refractivity contribution is 7.15. The summed E-state index contributed by atoms with van der Waals surface area (Å²) in [4.78, 5) is 18.1. The monoisotopic (exact) mass is 396 g/mol. The number of carbonyl (C=O) groups excluding carboxylic acids is 1. The Labute approximate surface area is 163 Å². The van der Waals surface area contributed by atoms with Gasteiger partial charge in [0.25, 0.3) is 5.91 Å². The van der Waals surface area contributed by atoms with Crippen molar-refractivity contribution in [2.75, 3.05) is 5.32 Å². The second kappa shape index (κ2) is 7.37. The summed E-state index contributed by atoms with van der Waals surface area (Å²) >= 11 is 2.90. The number of nitrogens with zero attached hydrogens (tertiary/aromatic N) is 5. The van der Waals surface area contributed by atoms with Gasteiger partial charge in [-0.1, -0.05) is 49.4 Å².